The highest BCUT2D eigenvalue weighted by Gasteiger charge is 2.29. The monoisotopic (exact) mass is 270 g/mol. The molecule has 0 aliphatic carbocycles. The van der Waals surface area contributed by atoms with Crippen molar-refractivity contribution in [1.82, 2.24) is 4.90 Å². The van der Waals surface area contributed by atoms with E-state index in [9.17, 15) is 4.39 Å². The normalized spacial score (nSPS) is 18.2. The fourth-order valence-corrected chi connectivity index (χ4v) is 2.98. The van der Waals surface area contributed by atoms with E-state index in [1.54, 1.807) is 6.07 Å². The van der Waals surface area contributed by atoms with Gasteiger partial charge in [0.05, 0.1) is 0 Å². The largest absolute Gasteiger partial charge is 0.329 e. The van der Waals surface area contributed by atoms with Gasteiger partial charge in [0.25, 0.3) is 0 Å². The Labute approximate surface area is 119 Å². The number of nitrogens with two attached hydrogens (primary N) is 1. The third-order valence-electron chi connectivity index (χ3n) is 4.03. The van der Waals surface area contributed by atoms with Gasteiger partial charge in [0.2, 0.25) is 0 Å². The van der Waals surface area contributed by atoms with E-state index >= 15 is 0 Å². The molecule has 0 radical (unpaired) electrons. The minimum atomic E-state index is -0.143. The molecule has 0 fully saturated rings. The molecule has 1 aliphatic rings. The lowest BCUT2D eigenvalue weighted by Crippen LogP contribution is -2.27. The van der Waals surface area contributed by atoms with Crippen molar-refractivity contribution in [3.05, 3.63) is 70.5 Å². The van der Waals surface area contributed by atoms with Gasteiger partial charge in [-0.3, -0.25) is 4.90 Å². The number of hydrogen-bond acceptors (Lipinski definition) is 2. The zero-order valence-electron chi connectivity index (χ0n) is 11.6. The first-order valence-corrected chi connectivity index (χ1v) is 6.96. The van der Waals surface area contributed by atoms with Gasteiger partial charge >= 0.3 is 0 Å². The third-order valence-corrected chi connectivity index (χ3v) is 4.03. The van der Waals surface area contributed by atoms with Crippen LogP contribution in [-0.2, 0) is 13.1 Å². The van der Waals surface area contributed by atoms with E-state index in [-0.39, 0.29) is 11.9 Å². The molecule has 0 saturated carbocycles. The summed E-state index contributed by atoms with van der Waals surface area (Å²) < 4.78 is 13.8. The van der Waals surface area contributed by atoms with Crippen molar-refractivity contribution in [2.75, 3.05) is 6.54 Å². The number of hydrogen-bond donors (Lipinski definition) is 1. The van der Waals surface area contributed by atoms with Crippen LogP contribution in [0.3, 0.4) is 0 Å². The molecule has 2 nitrogen and oxygen atoms in total. The fourth-order valence-electron chi connectivity index (χ4n) is 2.98. The van der Waals surface area contributed by atoms with E-state index in [0.29, 0.717) is 13.1 Å². The van der Waals surface area contributed by atoms with Gasteiger partial charge < -0.3 is 5.73 Å². The van der Waals surface area contributed by atoms with Gasteiger partial charge in [-0.2, -0.15) is 0 Å². The molecular weight excluding hydrogens is 251 g/mol. The Kier molecular flexibility index (Phi) is 3.55. The number of rotatable bonds is 3. The van der Waals surface area contributed by atoms with Gasteiger partial charge in [0, 0.05) is 31.2 Å². The topological polar surface area (TPSA) is 29.3 Å². The summed E-state index contributed by atoms with van der Waals surface area (Å²) in [5.41, 5.74) is 10.5. The van der Waals surface area contributed by atoms with Crippen LogP contribution in [0.2, 0.25) is 0 Å². The average Bonchev–Trinajstić information content (AvgIpc) is 2.78. The lowest BCUT2D eigenvalue weighted by Gasteiger charge is -2.24. The van der Waals surface area contributed by atoms with Crippen LogP contribution in [0.5, 0.6) is 0 Å². The molecule has 0 bridgehead atoms. The van der Waals surface area contributed by atoms with Crippen molar-refractivity contribution < 1.29 is 4.39 Å². The van der Waals surface area contributed by atoms with Crippen LogP contribution in [0, 0.1) is 12.7 Å². The number of benzene rings is 2. The molecule has 3 rings (SSSR count). The highest BCUT2D eigenvalue weighted by molar-refractivity contribution is 5.38. The Hall–Kier alpha value is -1.71. The highest BCUT2D eigenvalue weighted by Crippen LogP contribution is 2.34. The second-order valence-electron chi connectivity index (χ2n) is 5.45. The maximum atomic E-state index is 13.8. The van der Waals surface area contributed by atoms with E-state index in [4.69, 9.17) is 5.73 Å². The Morgan fingerprint density at radius 2 is 2.05 bits per heavy atom. The molecule has 0 saturated heterocycles. The first kappa shape index (κ1) is 13.3. The standard InChI is InChI=1S/C17H19FN2/c1-12-6-7-13-10-20(17(9-19)15(13)8-12)11-14-4-2-3-5-16(14)18/h2-8,17H,9-11,19H2,1H3. The highest BCUT2D eigenvalue weighted by atomic mass is 19.1. The van der Waals surface area contributed by atoms with Crippen LogP contribution < -0.4 is 5.73 Å². The minimum Gasteiger partial charge on any atom is -0.329 e. The molecule has 0 spiro atoms. The van der Waals surface area contributed by atoms with Crippen molar-refractivity contribution in [3.63, 3.8) is 0 Å². The molecule has 2 N–H and O–H groups in total. The summed E-state index contributed by atoms with van der Waals surface area (Å²) in [6, 6.07) is 13.6. The SMILES string of the molecule is Cc1ccc2c(c1)C(CN)N(Cc1ccccc1F)C2. The maximum Gasteiger partial charge on any atom is 0.127 e. The van der Waals surface area contributed by atoms with Crippen molar-refractivity contribution in [1.29, 1.82) is 0 Å². The van der Waals surface area contributed by atoms with E-state index in [1.165, 1.54) is 22.8 Å². The maximum absolute atomic E-state index is 13.8. The van der Waals surface area contributed by atoms with E-state index < -0.39 is 0 Å². The zero-order valence-corrected chi connectivity index (χ0v) is 11.6. The Bertz CT molecular complexity index is 624. The van der Waals surface area contributed by atoms with Crippen molar-refractivity contribution >= 4 is 0 Å². The van der Waals surface area contributed by atoms with Gasteiger partial charge in [0.1, 0.15) is 5.82 Å². The second kappa shape index (κ2) is 5.35. The summed E-state index contributed by atoms with van der Waals surface area (Å²) >= 11 is 0. The molecule has 1 unspecified atom stereocenters. The summed E-state index contributed by atoms with van der Waals surface area (Å²) in [5.74, 6) is -0.143. The summed E-state index contributed by atoms with van der Waals surface area (Å²) in [5, 5.41) is 0. The second-order valence-corrected chi connectivity index (χ2v) is 5.45. The van der Waals surface area contributed by atoms with Gasteiger partial charge in [-0.05, 0) is 24.1 Å². The smallest absolute Gasteiger partial charge is 0.127 e. The first-order valence-electron chi connectivity index (χ1n) is 6.96. The third kappa shape index (κ3) is 2.35. The molecule has 0 amide bonds. The summed E-state index contributed by atoms with van der Waals surface area (Å²) in [7, 11) is 0. The number of aryl methyl sites for hydroxylation is 1. The van der Waals surface area contributed by atoms with E-state index in [0.717, 1.165) is 12.1 Å². The van der Waals surface area contributed by atoms with Crippen LogP contribution in [-0.4, -0.2) is 11.4 Å². The number of nitrogens with zero attached hydrogens (tertiary/aromatic N) is 1. The molecule has 3 heteroatoms. The molecule has 1 atom stereocenters. The van der Waals surface area contributed by atoms with Gasteiger partial charge in [0.15, 0.2) is 0 Å². The molecule has 1 heterocycles. The average molecular weight is 270 g/mol. The Balaban J connectivity index is 1.88. The van der Waals surface area contributed by atoms with Crippen molar-refractivity contribution in [3.8, 4) is 0 Å². The molecular formula is C17H19FN2. The molecule has 2 aromatic carbocycles. The lowest BCUT2D eigenvalue weighted by atomic mass is 10.0. The molecule has 20 heavy (non-hydrogen) atoms. The predicted octanol–water partition coefficient (Wildman–Crippen LogP) is 3.15. The van der Waals surface area contributed by atoms with Gasteiger partial charge in [-0.25, -0.2) is 4.39 Å². The van der Waals surface area contributed by atoms with Crippen LogP contribution >= 0.6 is 0 Å². The van der Waals surface area contributed by atoms with Gasteiger partial charge in [-0.1, -0.05) is 42.0 Å². The van der Waals surface area contributed by atoms with Crippen LogP contribution in [0.15, 0.2) is 42.5 Å². The Morgan fingerprint density at radius 1 is 1.25 bits per heavy atom. The molecule has 1 aliphatic heterocycles. The number of halogens is 1. The number of fused-ring (bicyclic) bond motifs is 1. The first-order chi connectivity index (χ1) is 9.69. The van der Waals surface area contributed by atoms with Gasteiger partial charge in [-0.15, -0.1) is 0 Å². The van der Waals surface area contributed by atoms with Crippen molar-refractivity contribution in [2.24, 2.45) is 5.73 Å². The summed E-state index contributed by atoms with van der Waals surface area (Å²) in [6.45, 7) is 4.09. The minimum absolute atomic E-state index is 0.143. The van der Waals surface area contributed by atoms with E-state index in [2.05, 4.69) is 30.0 Å². The van der Waals surface area contributed by atoms with E-state index in [1.807, 2.05) is 12.1 Å². The molecule has 0 aromatic heterocycles. The lowest BCUT2D eigenvalue weighted by molar-refractivity contribution is 0.208. The van der Waals surface area contributed by atoms with Crippen LogP contribution in [0.25, 0.3) is 0 Å². The van der Waals surface area contributed by atoms with Crippen molar-refractivity contribution in [2.45, 2.75) is 26.1 Å². The summed E-state index contributed by atoms with van der Waals surface area (Å²) in [6.07, 6.45) is 0. The molecule has 104 valence electrons. The predicted molar refractivity (Wildman–Crippen MR) is 78.6 cm³/mol. The molecule has 2 aromatic rings. The fraction of sp³-hybridized carbons (Fsp3) is 0.294. The van der Waals surface area contributed by atoms with Crippen LogP contribution in [0.4, 0.5) is 4.39 Å². The van der Waals surface area contributed by atoms with Crippen LogP contribution in [0.1, 0.15) is 28.3 Å². The zero-order chi connectivity index (χ0) is 14.1. The quantitative estimate of drug-likeness (QED) is 0.928. The Morgan fingerprint density at radius 3 is 2.80 bits per heavy atom. The summed E-state index contributed by atoms with van der Waals surface area (Å²) in [4.78, 5) is 2.25.